The molecule has 2 aromatic rings. The first-order chi connectivity index (χ1) is 8.25. The minimum absolute atomic E-state index is 0.0408. The predicted octanol–water partition coefficient (Wildman–Crippen LogP) is 4.32. The maximum atomic E-state index is 6.55. The van der Waals surface area contributed by atoms with Gasteiger partial charge in [0.2, 0.25) is 0 Å². The molecule has 17 heavy (non-hydrogen) atoms. The molecule has 1 aromatic carbocycles. The van der Waals surface area contributed by atoms with Crippen LogP contribution in [0.15, 0.2) is 29.6 Å². The maximum Gasteiger partial charge on any atom is 0.122 e. The van der Waals surface area contributed by atoms with E-state index in [-0.39, 0.29) is 5.38 Å². The summed E-state index contributed by atoms with van der Waals surface area (Å²) >= 11 is 8.27. The van der Waals surface area contributed by atoms with E-state index >= 15 is 0 Å². The van der Waals surface area contributed by atoms with E-state index in [1.165, 1.54) is 21.6 Å². The first-order valence-corrected chi connectivity index (χ1v) is 7.01. The van der Waals surface area contributed by atoms with Crippen LogP contribution in [0.1, 0.15) is 26.9 Å². The molecule has 1 nitrogen and oxygen atoms in total. The molecule has 0 saturated carbocycles. The average Bonchev–Trinajstić information content (AvgIpc) is 2.95. The van der Waals surface area contributed by atoms with Gasteiger partial charge in [-0.2, -0.15) is 0 Å². The Morgan fingerprint density at radius 3 is 3.00 bits per heavy atom. The molecule has 1 unspecified atom stereocenters. The lowest BCUT2D eigenvalue weighted by molar-refractivity contribution is 0.357. The Morgan fingerprint density at radius 1 is 1.35 bits per heavy atom. The van der Waals surface area contributed by atoms with Crippen LogP contribution in [0.3, 0.4) is 0 Å². The second-order valence-electron chi connectivity index (χ2n) is 4.30. The SMILES string of the molecule is Cc1ccsc1C(Cl)c1ccc2c(c1)CCO2. The molecule has 0 N–H and O–H groups in total. The van der Waals surface area contributed by atoms with Crippen LogP contribution in [0, 0.1) is 6.92 Å². The van der Waals surface area contributed by atoms with Crippen molar-refractivity contribution in [2.75, 3.05) is 6.61 Å². The van der Waals surface area contributed by atoms with Gasteiger partial charge in [-0.3, -0.25) is 0 Å². The largest absolute Gasteiger partial charge is 0.493 e. The third-order valence-corrected chi connectivity index (χ3v) is 4.82. The maximum absolute atomic E-state index is 6.55. The second-order valence-corrected chi connectivity index (χ2v) is 5.68. The zero-order chi connectivity index (χ0) is 11.8. The third kappa shape index (κ3) is 1.96. The number of fused-ring (bicyclic) bond motifs is 1. The van der Waals surface area contributed by atoms with Gasteiger partial charge in [0.15, 0.2) is 0 Å². The molecule has 0 bridgehead atoms. The summed E-state index contributed by atoms with van der Waals surface area (Å²) in [4.78, 5) is 1.24. The zero-order valence-electron chi connectivity index (χ0n) is 9.57. The molecule has 1 aliphatic heterocycles. The minimum atomic E-state index is -0.0408. The standard InChI is InChI=1S/C14H13ClOS/c1-9-5-7-17-14(9)13(15)11-2-3-12-10(8-11)4-6-16-12/h2-3,5,7-8,13H,4,6H2,1H3. The van der Waals surface area contributed by atoms with Gasteiger partial charge in [0.05, 0.1) is 12.0 Å². The molecular formula is C14H13ClOS. The topological polar surface area (TPSA) is 9.23 Å². The van der Waals surface area contributed by atoms with Crippen molar-refractivity contribution in [3.8, 4) is 5.75 Å². The molecule has 3 heteroatoms. The molecule has 2 heterocycles. The van der Waals surface area contributed by atoms with Crippen LogP contribution in [0.4, 0.5) is 0 Å². The van der Waals surface area contributed by atoms with E-state index in [0.29, 0.717) is 0 Å². The lowest BCUT2D eigenvalue weighted by atomic mass is 10.0. The van der Waals surface area contributed by atoms with E-state index in [1.54, 1.807) is 11.3 Å². The Morgan fingerprint density at radius 2 is 2.24 bits per heavy atom. The number of halogens is 1. The lowest BCUT2D eigenvalue weighted by Gasteiger charge is -2.10. The summed E-state index contributed by atoms with van der Waals surface area (Å²) in [5.74, 6) is 1.01. The lowest BCUT2D eigenvalue weighted by Crippen LogP contribution is -1.93. The van der Waals surface area contributed by atoms with Gasteiger partial charge in [-0.25, -0.2) is 0 Å². The number of alkyl halides is 1. The molecule has 0 fully saturated rings. The van der Waals surface area contributed by atoms with Gasteiger partial charge >= 0.3 is 0 Å². The smallest absolute Gasteiger partial charge is 0.122 e. The van der Waals surface area contributed by atoms with Gasteiger partial charge in [-0.05, 0) is 41.1 Å². The van der Waals surface area contributed by atoms with E-state index in [9.17, 15) is 0 Å². The molecule has 1 aromatic heterocycles. The van der Waals surface area contributed by atoms with Crippen LogP contribution in [-0.2, 0) is 6.42 Å². The van der Waals surface area contributed by atoms with E-state index < -0.39 is 0 Å². The average molecular weight is 265 g/mol. The Kier molecular flexibility index (Phi) is 2.85. The highest BCUT2D eigenvalue weighted by Crippen LogP contribution is 2.37. The van der Waals surface area contributed by atoms with Gasteiger partial charge in [-0.1, -0.05) is 12.1 Å². The number of benzene rings is 1. The van der Waals surface area contributed by atoms with Crippen molar-refractivity contribution in [1.82, 2.24) is 0 Å². The molecule has 1 aliphatic rings. The van der Waals surface area contributed by atoms with Gasteiger partial charge < -0.3 is 4.74 Å². The number of ether oxygens (including phenoxy) is 1. The number of hydrogen-bond acceptors (Lipinski definition) is 2. The normalized spacial score (nSPS) is 15.4. The highest BCUT2D eigenvalue weighted by Gasteiger charge is 2.18. The fourth-order valence-corrected chi connectivity index (χ4v) is 3.55. The Bertz CT molecular complexity index is 547. The third-order valence-electron chi connectivity index (χ3n) is 3.14. The van der Waals surface area contributed by atoms with Gasteiger partial charge in [0.1, 0.15) is 5.75 Å². The molecule has 0 aliphatic carbocycles. The molecule has 0 radical (unpaired) electrons. The summed E-state index contributed by atoms with van der Waals surface area (Å²) in [5.41, 5.74) is 3.72. The quantitative estimate of drug-likeness (QED) is 0.734. The predicted molar refractivity (Wildman–Crippen MR) is 72.4 cm³/mol. The Balaban J connectivity index is 1.97. The van der Waals surface area contributed by atoms with Crippen LogP contribution in [-0.4, -0.2) is 6.61 Å². The van der Waals surface area contributed by atoms with Crippen molar-refractivity contribution in [1.29, 1.82) is 0 Å². The van der Waals surface area contributed by atoms with E-state index in [4.69, 9.17) is 16.3 Å². The van der Waals surface area contributed by atoms with Gasteiger partial charge in [0, 0.05) is 11.3 Å². The zero-order valence-corrected chi connectivity index (χ0v) is 11.1. The van der Waals surface area contributed by atoms with Crippen molar-refractivity contribution < 1.29 is 4.74 Å². The van der Waals surface area contributed by atoms with Crippen molar-refractivity contribution in [2.24, 2.45) is 0 Å². The van der Waals surface area contributed by atoms with Gasteiger partial charge in [0.25, 0.3) is 0 Å². The second kappa shape index (κ2) is 4.35. The molecule has 0 spiro atoms. The summed E-state index contributed by atoms with van der Waals surface area (Å²) in [6.07, 6.45) is 0.996. The van der Waals surface area contributed by atoms with Crippen molar-refractivity contribution in [3.63, 3.8) is 0 Å². The van der Waals surface area contributed by atoms with E-state index in [2.05, 4.69) is 30.5 Å². The molecule has 1 atom stereocenters. The number of hydrogen-bond donors (Lipinski definition) is 0. The first kappa shape index (κ1) is 11.1. The van der Waals surface area contributed by atoms with Crippen LogP contribution in [0.25, 0.3) is 0 Å². The molecule has 0 saturated heterocycles. The number of thiophene rings is 1. The van der Waals surface area contributed by atoms with Crippen LogP contribution in [0.5, 0.6) is 5.75 Å². The fraction of sp³-hybridized carbons (Fsp3) is 0.286. The molecule has 3 rings (SSSR count). The van der Waals surface area contributed by atoms with E-state index in [0.717, 1.165) is 18.8 Å². The van der Waals surface area contributed by atoms with Crippen molar-refractivity contribution in [2.45, 2.75) is 18.7 Å². The molecular weight excluding hydrogens is 252 g/mol. The monoisotopic (exact) mass is 264 g/mol. The summed E-state index contributed by atoms with van der Waals surface area (Å²) in [7, 11) is 0. The van der Waals surface area contributed by atoms with Crippen LogP contribution < -0.4 is 4.74 Å². The molecule has 0 amide bonds. The van der Waals surface area contributed by atoms with E-state index in [1.807, 2.05) is 6.07 Å². The number of aryl methyl sites for hydroxylation is 1. The Labute approximate surface area is 110 Å². The van der Waals surface area contributed by atoms with Crippen LogP contribution in [0.2, 0.25) is 0 Å². The Hall–Kier alpha value is -0.990. The van der Waals surface area contributed by atoms with Crippen molar-refractivity contribution >= 4 is 22.9 Å². The fourth-order valence-electron chi connectivity index (χ4n) is 2.16. The van der Waals surface area contributed by atoms with Gasteiger partial charge in [-0.15, -0.1) is 22.9 Å². The van der Waals surface area contributed by atoms with Crippen molar-refractivity contribution in [3.05, 3.63) is 51.2 Å². The highest BCUT2D eigenvalue weighted by atomic mass is 35.5. The summed E-state index contributed by atoms with van der Waals surface area (Å²) in [5, 5.41) is 2.05. The highest BCUT2D eigenvalue weighted by molar-refractivity contribution is 7.10. The summed E-state index contributed by atoms with van der Waals surface area (Å²) in [6.45, 7) is 2.90. The van der Waals surface area contributed by atoms with Crippen LogP contribution >= 0.6 is 22.9 Å². The molecule has 88 valence electrons. The first-order valence-electron chi connectivity index (χ1n) is 5.69. The minimum Gasteiger partial charge on any atom is -0.493 e. The summed E-state index contributed by atoms with van der Waals surface area (Å²) in [6, 6.07) is 8.40. The summed E-state index contributed by atoms with van der Waals surface area (Å²) < 4.78 is 5.51. The number of rotatable bonds is 2.